The molecule has 0 bridgehead atoms. The molecule has 1 aromatic heterocycles. The SMILES string of the molecule is CC(OC(=O)/C=C/c1ccc2c(c1)OCO2)C(=O)c1c[nH]c2ccccc12. The maximum Gasteiger partial charge on any atom is 0.331 e. The monoisotopic (exact) mass is 363 g/mol. The molecule has 0 fully saturated rings. The normalized spacial score (nSPS) is 13.8. The average Bonchev–Trinajstić information content (AvgIpc) is 3.32. The van der Waals surface area contributed by atoms with Gasteiger partial charge >= 0.3 is 5.97 Å². The first-order valence-corrected chi connectivity index (χ1v) is 8.50. The molecule has 1 unspecified atom stereocenters. The van der Waals surface area contributed by atoms with Gasteiger partial charge in [-0.25, -0.2) is 4.79 Å². The molecule has 136 valence electrons. The van der Waals surface area contributed by atoms with Crippen LogP contribution in [0.5, 0.6) is 11.5 Å². The van der Waals surface area contributed by atoms with Crippen molar-refractivity contribution >= 4 is 28.7 Å². The molecule has 0 aliphatic carbocycles. The Balaban J connectivity index is 1.42. The van der Waals surface area contributed by atoms with E-state index in [2.05, 4.69) is 4.98 Å². The van der Waals surface area contributed by atoms with E-state index >= 15 is 0 Å². The third-order valence-electron chi connectivity index (χ3n) is 4.33. The lowest BCUT2D eigenvalue weighted by Gasteiger charge is -2.10. The molecule has 0 saturated carbocycles. The van der Waals surface area contributed by atoms with Gasteiger partial charge in [0.05, 0.1) is 0 Å². The molecule has 2 heterocycles. The highest BCUT2D eigenvalue weighted by atomic mass is 16.7. The average molecular weight is 363 g/mol. The smallest absolute Gasteiger partial charge is 0.331 e. The molecule has 0 spiro atoms. The summed E-state index contributed by atoms with van der Waals surface area (Å²) in [5, 5.41) is 0.807. The topological polar surface area (TPSA) is 77.6 Å². The molecule has 0 saturated heterocycles. The Morgan fingerprint density at radius 2 is 1.96 bits per heavy atom. The lowest BCUT2D eigenvalue weighted by Crippen LogP contribution is -2.23. The Kier molecular flexibility index (Phi) is 4.38. The lowest BCUT2D eigenvalue weighted by molar-refractivity contribution is -0.140. The number of nitrogens with one attached hydrogen (secondary N) is 1. The van der Waals surface area contributed by atoms with Gasteiger partial charge in [-0.15, -0.1) is 0 Å². The highest BCUT2D eigenvalue weighted by Crippen LogP contribution is 2.32. The Morgan fingerprint density at radius 1 is 1.15 bits per heavy atom. The molecule has 0 radical (unpaired) electrons. The molecule has 1 aliphatic rings. The molecular formula is C21H17NO5. The number of Topliss-reactive ketones (excluding diaryl/α,β-unsaturated/α-hetero) is 1. The summed E-state index contributed by atoms with van der Waals surface area (Å²) in [6.07, 6.45) is 3.64. The number of hydrogen-bond acceptors (Lipinski definition) is 5. The number of para-hydroxylation sites is 1. The van der Waals surface area contributed by atoms with Crippen LogP contribution in [0.4, 0.5) is 0 Å². The Bertz CT molecular complexity index is 1050. The first-order valence-electron chi connectivity index (χ1n) is 8.50. The zero-order chi connectivity index (χ0) is 18.8. The minimum absolute atomic E-state index is 0.192. The number of benzene rings is 2. The van der Waals surface area contributed by atoms with Gasteiger partial charge < -0.3 is 19.2 Å². The van der Waals surface area contributed by atoms with Crippen LogP contribution in [0.3, 0.4) is 0 Å². The third-order valence-corrected chi connectivity index (χ3v) is 4.33. The standard InChI is InChI=1S/C21H17NO5/c1-13(21(24)16-11-22-17-5-3-2-4-15(16)17)27-20(23)9-7-14-6-8-18-19(10-14)26-12-25-18/h2-11,13,22H,12H2,1H3/b9-7+. The highest BCUT2D eigenvalue weighted by Gasteiger charge is 2.21. The molecule has 6 nitrogen and oxygen atoms in total. The number of ketones is 1. The van der Waals surface area contributed by atoms with Gasteiger partial charge in [-0.3, -0.25) is 4.79 Å². The molecular weight excluding hydrogens is 346 g/mol. The number of hydrogen-bond donors (Lipinski definition) is 1. The number of aromatic amines is 1. The van der Waals surface area contributed by atoms with E-state index in [1.807, 2.05) is 24.3 Å². The van der Waals surface area contributed by atoms with Gasteiger partial charge in [0.15, 0.2) is 17.6 Å². The van der Waals surface area contributed by atoms with Crippen LogP contribution in [0.2, 0.25) is 0 Å². The van der Waals surface area contributed by atoms with Gasteiger partial charge in [0.25, 0.3) is 0 Å². The predicted molar refractivity (Wildman–Crippen MR) is 99.8 cm³/mol. The van der Waals surface area contributed by atoms with E-state index in [1.54, 1.807) is 37.4 Å². The summed E-state index contributed by atoms with van der Waals surface area (Å²) in [6, 6.07) is 12.8. The van der Waals surface area contributed by atoms with E-state index in [9.17, 15) is 9.59 Å². The molecule has 4 rings (SSSR count). The minimum Gasteiger partial charge on any atom is -0.454 e. The van der Waals surface area contributed by atoms with Crippen molar-refractivity contribution in [2.75, 3.05) is 6.79 Å². The van der Waals surface area contributed by atoms with Crippen LogP contribution in [0.15, 0.2) is 54.7 Å². The maximum absolute atomic E-state index is 12.6. The summed E-state index contributed by atoms with van der Waals surface area (Å²) < 4.78 is 15.8. The number of esters is 1. The molecule has 2 aromatic carbocycles. The van der Waals surface area contributed by atoms with Gasteiger partial charge in [-0.2, -0.15) is 0 Å². The van der Waals surface area contributed by atoms with Crippen LogP contribution in [0.1, 0.15) is 22.8 Å². The van der Waals surface area contributed by atoms with Crippen LogP contribution < -0.4 is 9.47 Å². The van der Waals surface area contributed by atoms with E-state index in [1.165, 1.54) is 6.08 Å². The number of rotatable bonds is 5. The second-order valence-electron chi connectivity index (χ2n) is 6.14. The molecule has 1 aliphatic heterocycles. The van der Waals surface area contributed by atoms with Gasteiger partial charge in [0.2, 0.25) is 12.6 Å². The molecule has 1 N–H and O–H groups in total. The van der Waals surface area contributed by atoms with E-state index in [-0.39, 0.29) is 12.6 Å². The van der Waals surface area contributed by atoms with Crippen molar-refractivity contribution in [2.45, 2.75) is 13.0 Å². The van der Waals surface area contributed by atoms with Gasteiger partial charge in [-0.05, 0) is 36.8 Å². The van der Waals surface area contributed by atoms with E-state index in [0.717, 1.165) is 16.5 Å². The van der Waals surface area contributed by atoms with Crippen molar-refractivity contribution in [3.63, 3.8) is 0 Å². The van der Waals surface area contributed by atoms with Crippen LogP contribution in [-0.2, 0) is 9.53 Å². The van der Waals surface area contributed by atoms with Crippen LogP contribution in [0.25, 0.3) is 17.0 Å². The fourth-order valence-electron chi connectivity index (χ4n) is 2.94. The number of fused-ring (bicyclic) bond motifs is 2. The quantitative estimate of drug-likeness (QED) is 0.425. The number of carbonyl (C=O) groups excluding carboxylic acids is 2. The third kappa shape index (κ3) is 3.42. The fraction of sp³-hybridized carbons (Fsp3) is 0.143. The minimum atomic E-state index is -0.891. The molecule has 0 amide bonds. The number of aromatic nitrogens is 1. The first kappa shape index (κ1) is 16.9. The largest absolute Gasteiger partial charge is 0.454 e. The van der Waals surface area contributed by atoms with Crippen molar-refractivity contribution in [1.82, 2.24) is 4.98 Å². The number of carbonyl (C=O) groups is 2. The number of ether oxygens (including phenoxy) is 3. The maximum atomic E-state index is 12.6. The van der Waals surface area contributed by atoms with Gasteiger partial charge in [0.1, 0.15) is 0 Å². The summed E-state index contributed by atoms with van der Waals surface area (Å²) >= 11 is 0. The fourth-order valence-corrected chi connectivity index (χ4v) is 2.94. The van der Waals surface area contributed by atoms with Gasteiger partial charge in [-0.1, -0.05) is 24.3 Å². The van der Waals surface area contributed by atoms with Crippen LogP contribution >= 0.6 is 0 Å². The summed E-state index contributed by atoms with van der Waals surface area (Å²) in [7, 11) is 0. The Labute approximate surface area is 155 Å². The first-order chi connectivity index (χ1) is 13.1. The summed E-state index contributed by atoms with van der Waals surface area (Å²) in [5.74, 6) is 0.465. The lowest BCUT2D eigenvalue weighted by atomic mass is 10.1. The van der Waals surface area contributed by atoms with E-state index < -0.39 is 12.1 Å². The Hall–Kier alpha value is -3.54. The van der Waals surface area contributed by atoms with Crippen molar-refractivity contribution in [3.05, 3.63) is 65.9 Å². The second kappa shape index (κ2) is 6.99. The molecule has 6 heteroatoms. The summed E-state index contributed by atoms with van der Waals surface area (Å²) in [5.41, 5.74) is 2.14. The zero-order valence-electron chi connectivity index (χ0n) is 14.6. The molecule has 1 atom stereocenters. The van der Waals surface area contributed by atoms with Crippen molar-refractivity contribution in [3.8, 4) is 11.5 Å². The van der Waals surface area contributed by atoms with Crippen LogP contribution in [0, 0.1) is 0 Å². The van der Waals surface area contributed by atoms with Crippen molar-refractivity contribution in [2.24, 2.45) is 0 Å². The van der Waals surface area contributed by atoms with Crippen LogP contribution in [-0.4, -0.2) is 29.6 Å². The highest BCUT2D eigenvalue weighted by molar-refractivity contribution is 6.10. The summed E-state index contributed by atoms with van der Waals surface area (Å²) in [4.78, 5) is 27.7. The van der Waals surface area contributed by atoms with Gasteiger partial charge in [0, 0.05) is 28.7 Å². The van der Waals surface area contributed by atoms with E-state index in [0.29, 0.717) is 17.1 Å². The molecule has 27 heavy (non-hydrogen) atoms. The second-order valence-corrected chi connectivity index (χ2v) is 6.14. The number of H-pyrrole nitrogens is 1. The summed E-state index contributed by atoms with van der Waals surface area (Å²) in [6.45, 7) is 1.76. The Morgan fingerprint density at radius 3 is 2.85 bits per heavy atom. The zero-order valence-corrected chi connectivity index (χ0v) is 14.6. The van der Waals surface area contributed by atoms with Crippen molar-refractivity contribution < 1.29 is 23.8 Å². The van der Waals surface area contributed by atoms with E-state index in [4.69, 9.17) is 14.2 Å². The predicted octanol–water partition coefficient (Wildman–Crippen LogP) is 3.72. The van der Waals surface area contributed by atoms with Crippen molar-refractivity contribution in [1.29, 1.82) is 0 Å². The molecule has 3 aromatic rings.